The molecule has 128 valence electrons. The van der Waals surface area contributed by atoms with Crippen molar-refractivity contribution in [2.75, 3.05) is 6.61 Å². The molecule has 1 atom stereocenters. The van der Waals surface area contributed by atoms with Crippen LogP contribution < -0.4 is 10.1 Å². The Labute approximate surface area is 144 Å². The number of cyclic esters (lactones) is 1. The molecule has 0 radical (unpaired) electrons. The molecule has 7 heteroatoms. The van der Waals surface area contributed by atoms with Crippen molar-refractivity contribution in [1.82, 2.24) is 5.32 Å². The van der Waals surface area contributed by atoms with Gasteiger partial charge in [-0.1, -0.05) is 42.5 Å². The molecule has 3 rings (SSSR count). The molecule has 4 nitrogen and oxygen atoms in total. The van der Waals surface area contributed by atoms with Gasteiger partial charge in [0, 0.05) is 0 Å². The van der Waals surface area contributed by atoms with Crippen LogP contribution in [0.3, 0.4) is 0 Å². The van der Waals surface area contributed by atoms with E-state index in [1.165, 1.54) is 12.1 Å². The minimum Gasteiger partial charge on any atom is -0.489 e. The highest BCUT2D eigenvalue weighted by Gasteiger charge is 2.46. The van der Waals surface area contributed by atoms with Gasteiger partial charge in [-0.05, 0) is 23.3 Å². The van der Waals surface area contributed by atoms with Crippen LogP contribution in [0.5, 0.6) is 5.75 Å². The van der Waals surface area contributed by atoms with E-state index in [4.69, 9.17) is 4.74 Å². The summed E-state index contributed by atoms with van der Waals surface area (Å²) in [7, 11) is 0. The van der Waals surface area contributed by atoms with Crippen LogP contribution in [0.25, 0.3) is 0 Å². The Kier molecular flexibility index (Phi) is 5.62. The summed E-state index contributed by atoms with van der Waals surface area (Å²) in [5.41, 5.74) is 1.32. The molecule has 1 N–H and O–H groups in total. The summed E-state index contributed by atoms with van der Waals surface area (Å²) >= 11 is 0. The smallest absolute Gasteiger partial charge is 0.408 e. The van der Waals surface area contributed by atoms with Crippen molar-refractivity contribution in [1.29, 1.82) is 0 Å². The number of halogens is 3. The van der Waals surface area contributed by atoms with E-state index >= 15 is 0 Å². The lowest BCUT2D eigenvalue weighted by Crippen LogP contribution is -2.49. The van der Waals surface area contributed by atoms with Gasteiger partial charge in [-0.2, -0.15) is 0 Å². The van der Waals surface area contributed by atoms with E-state index < -0.39 is 24.7 Å². The highest BCUT2D eigenvalue weighted by Crippen LogP contribution is 2.35. The van der Waals surface area contributed by atoms with Crippen LogP contribution >= 0.6 is 12.4 Å². The lowest BCUT2D eigenvalue weighted by atomic mass is 10.00. The summed E-state index contributed by atoms with van der Waals surface area (Å²) in [5, 5.41) is 2.15. The Hall–Kier alpha value is -2.34. The average Bonchev–Trinajstić information content (AvgIpc) is 2.57. The SMILES string of the molecule is Cl.O=C1N[C@@H](c2ccc(OCc3ccccc3)cc2)C(F)(F)CO1. The molecule has 0 spiro atoms. The van der Waals surface area contributed by atoms with Crippen molar-refractivity contribution < 1.29 is 23.0 Å². The number of nitrogens with one attached hydrogen (secondary N) is 1. The van der Waals surface area contributed by atoms with Crippen LogP contribution in [0, 0.1) is 0 Å². The van der Waals surface area contributed by atoms with Crippen molar-refractivity contribution in [3.05, 3.63) is 65.7 Å². The zero-order chi connectivity index (χ0) is 16.3. The third-order valence-corrected chi connectivity index (χ3v) is 3.54. The maximum atomic E-state index is 13.8. The van der Waals surface area contributed by atoms with Crippen molar-refractivity contribution in [3.63, 3.8) is 0 Å². The van der Waals surface area contributed by atoms with Gasteiger partial charge in [-0.3, -0.25) is 0 Å². The van der Waals surface area contributed by atoms with Crippen molar-refractivity contribution in [2.45, 2.75) is 18.6 Å². The second-order valence-electron chi connectivity index (χ2n) is 5.26. The molecule has 1 aliphatic heterocycles. The summed E-state index contributed by atoms with van der Waals surface area (Å²) in [6.07, 6.45) is -0.842. The average molecular weight is 356 g/mol. The highest BCUT2D eigenvalue weighted by atomic mass is 35.5. The van der Waals surface area contributed by atoms with E-state index in [2.05, 4.69) is 10.1 Å². The zero-order valence-corrected chi connectivity index (χ0v) is 13.4. The van der Waals surface area contributed by atoms with Gasteiger partial charge in [0.2, 0.25) is 0 Å². The molecule has 2 aromatic rings. The number of alkyl halides is 2. The zero-order valence-electron chi connectivity index (χ0n) is 12.6. The number of rotatable bonds is 4. The van der Waals surface area contributed by atoms with Gasteiger partial charge < -0.3 is 14.8 Å². The van der Waals surface area contributed by atoms with Crippen LogP contribution in [-0.2, 0) is 11.3 Å². The van der Waals surface area contributed by atoms with Gasteiger partial charge in [-0.25, -0.2) is 13.6 Å². The van der Waals surface area contributed by atoms with E-state index in [1.807, 2.05) is 30.3 Å². The van der Waals surface area contributed by atoms with E-state index in [1.54, 1.807) is 12.1 Å². The van der Waals surface area contributed by atoms with Crippen molar-refractivity contribution in [3.8, 4) is 5.75 Å². The molecular weight excluding hydrogens is 340 g/mol. The first-order chi connectivity index (χ1) is 11.0. The Bertz CT molecular complexity index is 680. The Balaban J connectivity index is 0.00000208. The van der Waals surface area contributed by atoms with Crippen molar-refractivity contribution >= 4 is 18.5 Å². The van der Waals surface area contributed by atoms with Crippen LogP contribution in [0.1, 0.15) is 17.2 Å². The number of amides is 1. The first-order valence-electron chi connectivity index (χ1n) is 7.12. The molecule has 1 amide bonds. The molecule has 0 aromatic heterocycles. The van der Waals surface area contributed by atoms with E-state index in [0.29, 0.717) is 17.9 Å². The first kappa shape index (κ1) is 18.0. The molecule has 2 aromatic carbocycles. The number of ether oxygens (including phenoxy) is 2. The molecule has 1 fully saturated rings. The van der Waals surface area contributed by atoms with Crippen molar-refractivity contribution in [2.24, 2.45) is 0 Å². The minimum atomic E-state index is -3.15. The van der Waals surface area contributed by atoms with Crippen LogP contribution in [0.15, 0.2) is 54.6 Å². The number of hydrogen-bond acceptors (Lipinski definition) is 3. The predicted octanol–water partition coefficient (Wildman–Crippen LogP) is 4.10. The minimum absolute atomic E-state index is 0. The quantitative estimate of drug-likeness (QED) is 0.898. The standard InChI is InChI=1S/C17H15F2NO3.ClH/c18-17(19)11-23-16(21)20-15(17)13-6-8-14(9-7-13)22-10-12-4-2-1-3-5-12;/h1-9,15H,10-11H2,(H,20,21);1H/t15-;/m0./s1. The second kappa shape index (κ2) is 7.49. The summed E-state index contributed by atoms with van der Waals surface area (Å²) in [6, 6.07) is 14.5. The fourth-order valence-electron chi connectivity index (χ4n) is 2.33. The molecule has 0 aliphatic carbocycles. The fourth-order valence-corrected chi connectivity index (χ4v) is 2.33. The maximum absolute atomic E-state index is 13.8. The Morgan fingerprint density at radius 3 is 2.46 bits per heavy atom. The van der Waals surface area contributed by atoms with Gasteiger partial charge in [0.1, 0.15) is 18.4 Å². The molecule has 24 heavy (non-hydrogen) atoms. The van der Waals surface area contributed by atoms with Crippen LogP contribution in [0.2, 0.25) is 0 Å². The topological polar surface area (TPSA) is 47.6 Å². The summed E-state index contributed by atoms with van der Waals surface area (Å²) in [6.45, 7) is -0.528. The third-order valence-electron chi connectivity index (χ3n) is 3.54. The Morgan fingerprint density at radius 1 is 1.12 bits per heavy atom. The number of hydrogen-bond donors (Lipinski definition) is 1. The summed E-state index contributed by atoms with van der Waals surface area (Å²) in [5.74, 6) is -2.58. The highest BCUT2D eigenvalue weighted by molar-refractivity contribution is 5.85. The largest absolute Gasteiger partial charge is 0.489 e. The van der Waals surface area contributed by atoms with E-state index in [9.17, 15) is 13.6 Å². The molecule has 1 heterocycles. The number of carbonyl (C=O) groups is 1. The molecular formula is C17H16ClF2NO3. The predicted molar refractivity (Wildman–Crippen MR) is 86.6 cm³/mol. The maximum Gasteiger partial charge on any atom is 0.408 e. The fraction of sp³-hybridized carbons (Fsp3) is 0.235. The molecule has 0 saturated carbocycles. The Morgan fingerprint density at radius 2 is 1.79 bits per heavy atom. The lowest BCUT2D eigenvalue weighted by molar-refractivity contribution is -0.104. The van der Waals surface area contributed by atoms with Gasteiger partial charge in [0.15, 0.2) is 6.61 Å². The van der Waals surface area contributed by atoms with E-state index in [0.717, 1.165) is 5.56 Å². The number of alkyl carbamates (subject to hydrolysis) is 1. The monoisotopic (exact) mass is 355 g/mol. The number of benzene rings is 2. The molecule has 0 bridgehead atoms. The molecule has 1 saturated heterocycles. The van der Waals surface area contributed by atoms with Crippen LogP contribution in [-0.4, -0.2) is 18.6 Å². The summed E-state index contributed by atoms with van der Waals surface area (Å²) < 4.78 is 37.6. The van der Waals surface area contributed by atoms with Gasteiger partial charge in [-0.15, -0.1) is 12.4 Å². The number of carbonyl (C=O) groups excluding carboxylic acids is 1. The van der Waals surface area contributed by atoms with Crippen LogP contribution in [0.4, 0.5) is 13.6 Å². The first-order valence-corrected chi connectivity index (χ1v) is 7.12. The summed E-state index contributed by atoms with van der Waals surface area (Å²) in [4.78, 5) is 11.2. The molecule has 0 unspecified atom stereocenters. The lowest BCUT2D eigenvalue weighted by Gasteiger charge is -2.31. The normalized spacial score (nSPS) is 18.8. The molecule has 1 aliphatic rings. The van der Waals surface area contributed by atoms with Gasteiger partial charge >= 0.3 is 12.0 Å². The third kappa shape index (κ3) is 4.14. The second-order valence-corrected chi connectivity index (χ2v) is 5.26. The van der Waals surface area contributed by atoms with E-state index in [-0.39, 0.29) is 12.4 Å². The van der Waals surface area contributed by atoms with Gasteiger partial charge in [0.05, 0.1) is 0 Å². The van der Waals surface area contributed by atoms with Gasteiger partial charge in [0.25, 0.3) is 0 Å².